The van der Waals surface area contributed by atoms with Crippen molar-refractivity contribution in [2.24, 2.45) is 0 Å². The topological polar surface area (TPSA) is 47.6 Å². The number of benzene rings is 2. The van der Waals surface area contributed by atoms with E-state index in [-0.39, 0.29) is 11.8 Å². The number of amides is 1. The molecule has 2 aromatic rings. The van der Waals surface area contributed by atoms with E-state index in [1.165, 1.54) is 5.56 Å². The van der Waals surface area contributed by atoms with Crippen molar-refractivity contribution in [2.75, 3.05) is 20.3 Å². The van der Waals surface area contributed by atoms with E-state index in [0.717, 1.165) is 0 Å². The fourth-order valence-corrected chi connectivity index (χ4v) is 2.33. The number of carbonyl (C=O) groups is 1. The lowest BCUT2D eigenvalue weighted by molar-refractivity contribution is 0.0951. The highest BCUT2D eigenvalue weighted by Crippen LogP contribution is 2.28. The summed E-state index contributed by atoms with van der Waals surface area (Å²) in [5.74, 6) is 1.35. The predicted octanol–water partition coefficient (Wildman–Crippen LogP) is 3.63. The van der Waals surface area contributed by atoms with Gasteiger partial charge in [-0.15, -0.1) is 0 Å². The lowest BCUT2D eigenvalue weighted by Gasteiger charge is -2.14. The van der Waals surface area contributed by atoms with Crippen LogP contribution in [0.1, 0.15) is 35.7 Å². The molecule has 0 aliphatic rings. The zero-order valence-corrected chi connectivity index (χ0v) is 13.8. The van der Waals surface area contributed by atoms with Gasteiger partial charge in [-0.1, -0.05) is 37.3 Å². The van der Waals surface area contributed by atoms with Gasteiger partial charge in [0, 0.05) is 12.1 Å². The molecule has 1 N–H and O–H groups in total. The Bertz CT molecular complexity index is 640. The van der Waals surface area contributed by atoms with E-state index in [2.05, 4.69) is 24.4 Å². The molecule has 4 heteroatoms. The van der Waals surface area contributed by atoms with Crippen LogP contribution in [0.15, 0.2) is 48.5 Å². The quantitative estimate of drug-likeness (QED) is 0.849. The Morgan fingerprint density at radius 2 is 1.87 bits per heavy atom. The average molecular weight is 313 g/mol. The summed E-state index contributed by atoms with van der Waals surface area (Å²) in [5.41, 5.74) is 1.77. The second kappa shape index (κ2) is 8.22. The van der Waals surface area contributed by atoms with Crippen molar-refractivity contribution in [3.8, 4) is 11.5 Å². The van der Waals surface area contributed by atoms with E-state index in [1.54, 1.807) is 25.3 Å². The van der Waals surface area contributed by atoms with Gasteiger partial charge in [0.25, 0.3) is 5.91 Å². The summed E-state index contributed by atoms with van der Waals surface area (Å²) in [5, 5.41) is 2.96. The van der Waals surface area contributed by atoms with Crippen molar-refractivity contribution in [3.05, 3.63) is 59.7 Å². The molecule has 0 saturated heterocycles. The van der Waals surface area contributed by atoms with Crippen molar-refractivity contribution in [2.45, 2.75) is 19.8 Å². The number of ether oxygens (including phenoxy) is 2. The van der Waals surface area contributed by atoms with Gasteiger partial charge in [-0.25, -0.2) is 0 Å². The van der Waals surface area contributed by atoms with Crippen LogP contribution in [0.5, 0.6) is 11.5 Å². The van der Waals surface area contributed by atoms with Crippen molar-refractivity contribution < 1.29 is 14.3 Å². The molecule has 2 aromatic carbocycles. The van der Waals surface area contributed by atoms with E-state index in [0.29, 0.717) is 30.2 Å². The maximum atomic E-state index is 12.3. The van der Waals surface area contributed by atoms with Gasteiger partial charge in [0.15, 0.2) is 11.5 Å². The molecule has 2 rings (SSSR count). The van der Waals surface area contributed by atoms with Gasteiger partial charge in [0.05, 0.1) is 13.7 Å². The fraction of sp³-hybridized carbons (Fsp3) is 0.316. The summed E-state index contributed by atoms with van der Waals surface area (Å²) in [6, 6.07) is 15.3. The van der Waals surface area contributed by atoms with E-state index in [9.17, 15) is 4.79 Å². The van der Waals surface area contributed by atoms with Crippen LogP contribution in [0.25, 0.3) is 0 Å². The molecule has 0 saturated carbocycles. The van der Waals surface area contributed by atoms with Gasteiger partial charge in [-0.2, -0.15) is 0 Å². The second-order valence-corrected chi connectivity index (χ2v) is 5.32. The van der Waals surface area contributed by atoms with Crippen LogP contribution in [0.4, 0.5) is 0 Å². The third-order valence-corrected chi connectivity index (χ3v) is 3.66. The first-order valence-electron chi connectivity index (χ1n) is 7.79. The van der Waals surface area contributed by atoms with E-state index in [1.807, 2.05) is 25.1 Å². The molecule has 0 heterocycles. The molecule has 4 nitrogen and oxygen atoms in total. The van der Waals surface area contributed by atoms with Crippen LogP contribution in [0.2, 0.25) is 0 Å². The van der Waals surface area contributed by atoms with Crippen LogP contribution >= 0.6 is 0 Å². The number of rotatable bonds is 7. The first-order chi connectivity index (χ1) is 11.2. The number of hydrogen-bond donors (Lipinski definition) is 1. The Balaban J connectivity index is 2.00. The molecule has 122 valence electrons. The van der Waals surface area contributed by atoms with Crippen molar-refractivity contribution >= 4 is 5.91 Å². The van der Waals surface area contributed by atoms with Gasteiger partial charge in [-0.05, 0) is 36.6 Å². The number of carbonyl (C=O) groups excluding carboxylic acids is 1. The molecule has 23 heavy (non-hydrogen) atoms. The molecular weight excluding hydrogens is 290 g/mol. The second-order valence-electron chi connectivity index (χ2n) is 5.32. The van der Waals surface area contributed by atoms with E-state index in [4.69, 9.17) is 9.47 Å². The molecule has 0 unspecified atom stereocenters. The lowest BCUT2D eigenvalue weighted by atomic mass is 10.0. The molecule has 1 atom stereocenters. The first kappa shape index (κ1) is 16.9. The molecule has 0 bridgehead atoms. The fourth-order valence-electron chi connectivity index (χ4n) is 2.33. The Morgan fingerprint density at radius 1 is 1.13 bits per heavy atom. The highest BCUT2D eigenvalue weighted by atomic mass is 16.5. The molecule has 0 fully saturated rings. The summed E-state index contributed by atoms with van der Waals surface area (Å²) in [7, 11) is 1.57. The van der Waals surface area contributed by atoms with Gasteiger partial charge >= 0.3 is 0 Å². The third kappa shape index (κ3) is 4.49. The monoisotopic (exact) mass is 313 g/mol. The minimum absolute atomic E-state index is 0.117. The maximum absolute atomic E-state index is 12.3. The lowest BCUT2D eigenvalue weighted by Crippen LogP contribution is -2.27. The maximum Gasteiger partial charge on any atom is 0.251 e. The third-order valence-electron chi connectivity index (χ3n) is 3.66. The molecule has 0 spiro atoms. The Kier molecular flexibility index (Phi) is 6.03. The molecule has 0 aliphatic heterocycles. The van der Waals surface area contributed by atoms with Crippen LogP contribution in [-0.4, -0.2) is 26.2 Å². The van der Waals surface area contributed by atoms with Crippen LogP contribution < -0.4 is 14.8 Å². The number of hydrogen-bond acceptors (Lipinski definition) is 3. The van der Waals surface area contributed by atoms with Gasteiger partial charge < -0.3 is 14.8 Å². The Labute approximate surface area is 137 Å². The predicted molar refractivity (Wildman–Crippen MR) is 91.4 cm³/mol. The zero-order valence-electron chi connectivity index (χ0n) is 13.8. The highest BCUT2D eigenvalue weighted by molar-refractivity contribution is 5.94. The number of methoxy groups -OCH3 is 1. The van der Waals surface area contributed by atoms with Gasteiger partial charge in [-0.3, -0.25) is 4.79 Å². The SMILES string of the molecule is CCOc1ccc(C(=O)NC[C@H](C)c2ccccc2)cc1OC. The largest absolute Gasteiger partial charge is 0.493 e. The average Bonchev–Trinajstić information content (AvgIpc) is 2.60. The molecular formula is C19H23NO3. The van der Waals surface area contributed by atoms with Gasteiger partial charge in [0.1, 0.15) is 0 Å². The van der Waals surface area contributed by atoms with E-state index < -0.39 is 0 Å². The summed E-state index contributed by atoms with van der Waals surface area (Å²) >= 11 is 0. The van der Waals surface area contributed by atoms with Crippen molar-refractivity contribution in [1.82, 2.24) is 5.32 Å². The zero-order chi connectivity index (χ0) is 16.7. The summed E-state index contributed by atoms with van der Waals surface area (Å²) in [6.07, 6.45) is 0. The first-order valence-corrected chi connectivity index (χ1v) is 7.79. The Morgan fingerprint density at radius 3 is 2.52 bits per heavy atom. The molecule has 1 amide bonds. The summed E-state index contributed by atoms with van der Waals surface area (Å²) in [6.45, 7) is 5.13. The summed E-state index contributed by atoms with van der Waals surface area (Å²) in [4.78, 5) is 12.3. The van der Waals surface area contributed by atoms with Crippen LogP contribution in [-0.2, 0) is 0 Å². The smallest absolute Gasteiger partial charge is 0.251 e. The van der Waals surface area contributed by atoms with Crippen molar-refractivity contribution in [3.63, 3.8) is 0 Å². The number of nitrogens with one attached hydrogen (secondary N) is 1. The highest BCUT2D eigenvalue weighted by Gasteiger charge is 2.12. The standard InChI is InChI=1S/C19H23NO3/c1-4-23-17-11-10-16(12-18(17)22-3)19(21)20-13-14(2)15-8-6-5-7-9-15/h5-12,14H,4,13H2,1-3H3,(H,20,21)/t14-/m0/s1. The van der Waals surface area contributed by atoms with Crippen LogP contribution in [0, 0.1) is 0 Å². The molecule has 0 aliphatic carbocycles. The minimum Gasteiger partial charge on any atom is -0.493 e. The van der Waals surface area contributed by atoms with Gasteiger partial charge in [0.2, 0.25) is 0 Å². The van der Waals surface area contributed by atoms with Crippen molar-refractivity contribution in [1.29, 1.82) is 0 Å². The van der Waals surface area contributed by atoms with E-state index >= 15 is 0 Å². The molecule has 0 aromatic heterocycles. The minimum atomic E-state index is -0.117. The molecule has 0 radical (unpaired) electrons. The normalized spacial score (nSPS) is 11.6. The van der Waals surface area contributed by atoms with Crippen LogP contribution in [0.3, 0.4) is 0 Å². The summed E-state index contributed by atoms with van der Waals surface area (Å²) < 4.78 is 10.7. The Hall–Kier alpha value is -2.49.